The standard InChI is InChI=1S/C15H30N2/c1-3-8-14-9-4-7-12-17(14)13-15(2)10-5-6-11-16-15/h14,16H,3-13H2,1-2H3. The summed E-state index contributed by atoms with van der Waals surface area (Å²) in [7, 11) is 0. The molecule has 2 saturated heterocycles. The lowest BCUT2D eigenvalue weighted by atomic mass is 9.88. The normalized spacial score (nSPS) is 36.0. The first-order chi connectivity index (χ1) is 8.23. The van der Waals surface area contributed by atoms with Gasteiger partial charge in [0, 0.05) is 18.1 Å². The highest BCUT2D eigenvalue weighted by Gasteiger charge is 2.32. The Kier molecular flexibility index (Phi) is 4.87. The number of hydrogen-bond donors (Lipinski definition) is 1. The van der Waals surface area contributed by atoms with Crippen LogP contribution in [0.5, 0.6) is 0 Å². The van der Waals surface area contributed by atoms with E-state index in [4.69, 9.17) is 0 Å². The van der Waals surface area contributed by atoms with Crippen LogP contribution in [-0.4, -0.2) is 36.1 Å². The van der Waals surface area contributed by atoms with E-state index in [1.807, 2.05) is 0 Å². The zero-order chi connectivity index (χ0) is 12.1. The fraction of sp³-hybridized carbons (Fsp3) is 1.00. The smallest absolute Gasteiger partial charge is 0.0280 e. The number of rotatable bonds is 4. The minimum atomic E-state index is 0.390. The first-order valence-corrected chi connectivity index (χ1v) is 7.72. The molecule has 0 radical (unpaired) electrons. The molecule has 0 spiro atoms. The van der Waals surface area contributed by atoms with Gasteiger partial charge in [0.1, 0.15) is 0 Å². The van der Waals surface area contributed by atoms with Gasteiger partial charge in [0.05, 0.1) is 0 Å². The van der Waals surface area contributed by atoms with Crippen molar-refractivity contribution in [2.45, 2.75) is 76.8 Å². The molecule has 2 atom stereocenters. The minimum Gasteiger partial charge on any atom is -0.310 e. The van der Waals surface area contributed by atoms with E-state index in [1.165, 1.54) is 71.0 Å². The summed E-state index contributed by atoms with van der Waals surface area (Å²) in [6.45, 7) is 8.60. The Labute approximate surface area is 107 Å². The Morgan fingerprint density at radius 3 is 2.82 bits per heavy atom. The lowest BCUT2D eigenvalue weighted by molar-refractivity contribution is 0.0887. The predicted molar refractivity (Wildman–Crippen MR) is 74.4 cm³/mol. The third-order valence-corrected chi connectivity index (χ3v) is 4.63. The van der Waals surface area contributed by atoms with Gasteiger partial charge in [-0.2, -0.15) is 0 Å². The Morgan fingerprint density at radius 2 is 2.12 bits per heavy atom. The van der Waals surface area contributed by atoms with Gasteiger partial charge < -0.3 is 5.32 Å². The molecule has 0 aromatic rings. The van der Waals surface area contributed by atoms with Crippen LogP contribution in [0.25, 0.3) is 0 Å². The molecule has 2 fully saturated rings. The van der Waals surface area contributed by atoms with Gasteiger partial charge in [-0.05, 0) is 52.1 Å². The van der Waals surface area contributed by atoms with Crippen LogP contribution in [0, 0.1) is 0 Å². The lowest BCUT2D eigenvalue weighted by Gasteiger charge is -2.44. The molecule has 100 valence electrons. The molecule has 0 aromatic heterocycles. The van der Waals surface area contributed by atoms with Crippen molar-refractivity contribution in [1.29, 1.82) is 0 Å². The molecule has 0 amide bonds. The summed E-state index contributed by atoms with van der Waals surface area (Å²) in [5.74, 6) is 0. The van der Waals surface area contributed by atoms with Crippen LogP contribution in [0.4, 0.5) is 0 Å². The van der Waals surface area contributed by atoms with Gasteiger partial charge >= 0.3 is 0 Å². The van der Waals surface area contributed by atoms with Crippen LogP contribution < -0.4 is 5.32 Å². The lowest BCUT2D eigenvalue weighted by Crippen LogP contribution is -2.56. The van der Waals surface area contributed by atoms with Crippen molar-refractivity contribution < 1.29 is 0 Å². The van der Waals surface area contributed by atoms with E-state index in [9.17, 15) is 0 Å². The van der Waals surface area contributed by atoms with Gasteiger partial charge in [-0.25, -0.2) is 0 Å². The third-order valence-electron chi connectivity index (χ3n) is 4.63. The van der Waals surface area contributed by atoms with E-state index < -0.39 is 0 Å². The highest BCUT2D eigenvalue weighted by molar-refractivity contribution is 4.92. The summed E-state index contributed by atoms with van der Waals surface area (Å²) < 4.78 is 0. The van der Waals surface area contributed by atoms with Crippen LogP contribution in [0.15, 0.2) is 0 Å². The molecular weight excluding hydrogens is 208 g/mol. The van der Waals surface area contributed by atoms with Crippen LogP contribution in [0.2, 0.25) is 0 Å². The van der Waals surface area contributed by atoms with Crippen molar-refractivity contribution >= 4 is 0 Å². The molecule has 0 aliphatic carbocycles. The largest absolute Gasteiger partial charge is 0.310 e. The molecular formula is C15H30N2. The maximum Gasteiger partial charge on any atom is 0.0280 e. The monoisotopic (exact) mass is 238 g/mol. The SMILES string of the molecule is CCCC1CCCCN1CC1(C)CCCCN1. The Bertz CT molecular complexity index is 219. The van der Waals surface area contributed by atoms with Crippen LogP contribution in [-0.2, 0) is 0 Å². The van der Waals surface area contributed by atoms with Crippen molar-refractivity contribution in [3.05, 3.63) is 0 Å². The Balaban J connectivity index is 1.90. The molecule has 2 heterocycles. The summed E-state index contributed by atoms with van der Waals surface area (Å²) in [4.78, 5) is 2.78. The third kappa shape index (κ3) is 3.69. The van der Waals surface area contributed by atoms with Crippen molar-refractivity contribution in [1.82, 2.24) is 10.2 Å². The van der Waals surface area contributed by atoms with E-state index in [1.54, 1.807) is 0 Å². The molecule has 0 bridgehead atoms. The highest BCUT2D eigenvalue weighted by atomic mass is 15.2. The average Bonchev–Trinajstić information content (AvgIpc) is 2.32. The number of piperidine rings is 2. The number of likely N-dealkylation sites (tertiary alicyclic amines) is 1. The van der Waals surface area contributed by atoms with Gasteiger partial charge in [0.15, 0.2) is 0 Å². The van der Waals surface area contributed by atoms with Gasteiger partial charge in [-0.3, -0.25) is 4.90 Å². The Hall–Kier alpha value is -0.0800. The maximum absolute atomic E-state index is 3.76. The maximum atomic E-state index is 3.76. The van der Waals surface area contributed by atoms with Crippen molar-refractivity contribution in [2.75, 3.05) is 19.6 Å². The number of nitrogens with one attached hydrogen (secondary N) is 1. The molecule has 1 N–H and O–H groups in total. The molecule has 2 heteroatoms. The van der Waals surface area contributed by atoms with Gasteiger partial charge in [0.2, 0.25) is 0 Å². The summed E-state index contributed by atoms with van der Waals surface area (Å²) in [5, 5.41) is 3.76. The van der Waals surface area contributed by atoms with Crippen LogP contribution in [0.1, 0.15) is 65.2 Å². The molecule has 2 nitrogen and oxygen atoms in total. The van der Waals surface area contributed by atoms with Crippen molar-refractivity contribution in [2.24, 2.45) is 0 Å². The average molecular weight is 238 g/mol. The zero-order valence-electron chi connectivity index (χ0n) is 11.8. The number of nitrogens with zero attached hydrogens (tertiary/aromatic N) is 1. The van der Waals surface area contributed by atoms with E-state index >= 15 is 0 Å². The quantitative estimate of drug-likeness (QED) is 0.809. The van der Waals surface area contributed by atoms with Crippen molar-refractivity contribution in [3.63, 3.8) is 0 Å². The fourth-order valence-electron chi connectivity index (χ4n) is 3.63. The molecule has 2 aliphatic heterocycles. The zero-order valence-corrected chi connectivity index (χ0v) is 11.8. The topological polar surface area (TPSA) is 15.3 Å². The molecule has 2 aliphatic rings. The van der Waals surface area contributed by atoms with E-state index in [0.29, 0.717) is 5.54 Å². The summed E-state index contributed by atoms with van der Waals surface area (Å²) >= 11 is 0. The number of hydrogen-bond acceptors (Lipinski definition) is 2. The van der Waals surface area contributed by atoms with Gasteiger partial charge in [0.25, 0.3) is 0 Å². The van der Waals surface area contributed by atoms with Crippen molar-refractivity contribution in [3.8, 4) is 0 Å². The molecule has 17 heavy (non-hydrogen) atoms. The summed E-state index contributed by atoms with van der Waals surface area (Å²) in [6, 6.07) is 0.870. The van der Waals surface area contributed by atoms with E-state index in [0.717, 1.165) is 6.04 Å². The van der Waals surface area contributed by atoms with E-state index in [2.05, 4.69) is 24.1 Å². The minimum absolute atomic E-state index is 0.390. The highest BCUT2D eigenvalue weighted by Crippen LogP contribution is 2.26. The summed E-state index contributed by atoms with van der Waals surface area (Å²) in [5.41, 5.74) is 0.390. The van der Waals surface area contributed by atoms with Gasteiger partial charge in [-0.15, -0.1) is 0 Å². The molecule has 0 saturated carbocycles. The Morgan fingerprint density at radius 1 is 1.24 bits per heavy atom. The second-order valence-corrected chi connectivity index (χ2v) is 6.35. The fourth-order valence-corrected chi connectivity index (χ4v) is 3.63. The predicted octanol–water partition coefficient (Wildman–Crippen LogP) is 3.17. The first-order valence-electron chi connectivity index (χ1n) is 7.72. The second-order valence-electron chi connectivity index (χ2n) is 6.35. The van der Waals surface area contributed by atoms with Crippen LogP contribution >= 0.6 is 0 Å². The van der Waals surface area contributed by atoms with Crippen LogP contribution in [0.3, 0.4) is 0 Å². The van der Waals surface area contributed by atoms with Gasteiger partial charge in [-0.1, -0.05) is 26.2 Å². The van der Waals surface area contributed by atoms with E-state index in [-0.39, 0.29) is 0 Å². The molecule has 0 aromatic carbocycles. The molecule has 2 rings (SSSR count). The molecule has 2 unspecified atom stereocenters. The first kappa shape index (κ1) is 13.4. The summed E-state index contributed by atoms with van der Waals surface area (Å²) in [6.07, 6.45) is 11.2. The second kappa shape index (κ2) is 6.19.